The molecule has 1 spiro atoms. The Bertz CT molecular complexity index is 2070. The Labute approximate surface area is 437 Å². The highest BCUT2D eigenvalue weighted by Crippen LogP contribution is 2.80. The molecule has 0 aromatic rings. The zero-order chi connectivity index (χ0) is 54.3. The van der Waals surface area contributed by atoms with E-state index in [-0.39, 0.29) is 40.6 Å². The van der Waals surface area contributed by atoms with Gasteiger partial charge in [0, 0.05) is 24.4 Å². The third-order valence-electron chi connectivity index (χ3n) is 22.2. The van der Waals surface area contributed by atoms with Gasteiger partial charge in [0.1, 0.15) is 91.2 Å². The lowest BCUT2D eigenvalue weighted by atomic mass is 9.30. The van der Waals surface area contributed by atoms with Gasteiger partial charge in [-0.15, -0.1) is 0 Å². The van der Waals surface area contributed by atoms with E-state index in [1.807, 2.05) is 0 Å². The third kappa shape index (κ3) is 8.54. The van der Waals surface area contributed by atoms with E-state index in [0.717, 1.165) is 51.4 Å². The molecule has 430 valence electrons. The Balaban J connectivity index is 0.902. The van der Waals surface area contributed by atoms with E-state index in [0.29, 0.717) is 25.2 Å². The van der Waals surface area contributed by atoms with Gasteiger partial charge >= 0.3 is 0 Å². The molecule has 75 heavy (non-hydrogen) atoms. The number of hydrogen-bond donors (Lipinski definition) is 12. The van der Waals surface area contributed by atoms with E-state index in [4.69, 9.17) is 42.6 Å². The van der Waals surface area contributed by atoms with Crippen molar-refractivity contribution in [2.75, 3.05) is 33.0 Å². The SMILES string of the molecule is C[C@H]1O[C@@H](O[C@@H]2[C@H](O[C@H]3CO[C@@H](O[C@@H]4CC[C@]5(C)[C@H]6CC[C@@]78OC[C@]9(CC[C@](C)(CO)C[C@H]97)C(=O)C[C@@]8(C)[C@@]6(C)CC[C@H]5C4(C)C)[C@@H](O[C@@H]4O[C@@H](CO)[C@@H](O)[C@@H](O)[C@@H]4O)[C@@H]3O)O[C@@H](CO)[C@H](O)[C@H]2O)[C@@H](O)[C@H](O)[C@@H]1O. The van der Waals surface area contributed by atoms with Gasteiger partial charge in [-0.25, -0.2) is 0 Å². The fraction of sp³-hybridized carbons (Fsp3) is 0.981. The maximum Gasteiger partial charge on any atom is 0.187 e. The van der Waals surface area contributed by atoms with Crippen LogP contribution in [0, 0.1) is 50.2 Å². The van der Waals surface area contributed by atoms with Gasteiger partial charge in [0.15, 0.2) is 25.2 Å². The molecule has 0 unspecified atom stereocenters. The van der Waals surface area contributed by atoms with Gasteiger partial charge in [-0.05, 0) is 98.2 Å². The largest absolute Gasteiger partial charge is 0.396 e. The minimum atomic E-state index is -1.89. The van der Waals surface area contributed by atoms with Gasteiger partial charge in [-0.1, -0.05) is 41.5 Å². The van der Waals surface area contributed by atoms with Gasteiger partial charge in [0.25, 0.3) is 0 Å². The van der Waals surface area contributed by atoms with Crippen molar-refractivity contribution in [2.45, 2.75) is 241 Å². The van der Waals surface area contributed by atoms with Crippen molar-refractivity contribution in [3.8, 4) is 0 Å². The first kappa shape index (κ1) is 57.1. The topological polar surface area (TPSA) is 343 Å². The molecule has 0 aromatic heterocycles. The summed E-state index contributed by atoms with van der Waals surface area (Å²) in [5.41, 5.74) is -2.66. The Morgan fingerprint density at radius 3 is 1.83 bits per heavy atom. The average molecular weight is 1080 g/mol. The average Bonchev–Trinajstić information content (AvgIpc) is 3.66. The first-order chi connectivity index (χ1) is 35.2. The number of fused-ring (bicyclic) bond motifs is 4. The molecule has 0 amide bonds. The van der Waals surface area contributed by atoms with Crippen LogP contribution in [0.2, 0.25) is 0 Å². The Hall–Kier alpha value is -1.17. The molecule has 10 fully saturated rings. The van der Waals surface area contributed by atoms with Crippen LogP contribution in [-0.4, -0.2) is 229 Å². The molecule has 22 nitrogen and oxygen atoms in total. The van der Waals surface area contributed by atoms with Gasteiger partial charge in [-0.3, -0.25) is 4.79 Å². The van der Waals surface area contributed by atoms with Crippen molar-refractivity contribution in [3.05, 3.63) is 0 Å². The monoisotopic (exact) mass is 1070 g/mol. The van der Waals surface area contributed by atoms with Crippen molar-refractivity contribution in [2.24, 2.45) is 50.2 Å². The Morgan fingerprint density at radius 1 is 0.573 bits per heavy atom. The van der Waals surface area contributed by atoms with Gasteiger partial charge < -0.3 is 104 Å². The van der Waals surface area contributed by atoms with Crippen molar-refractivity contribution in [1.82, 2.24) is 0 Å². The fourth-order valence-corrected chi connectivity index (χ4v) is 17.4. The summed E-state index contributed by atoms with van der Waals surface area (Å²) in [4.78, 5) is 14.7. The lowest BCUT2D eigenvalue weighted by molar-refractivity contribution is -0.394. The minimum absolute atomic E-state index is 0.0434. The normalized spacial score (nSPS) is 57.6. The van der Waals surface area contributed by atoms with Crippen LogP contribution in [0.1, 0.15) is 113 Å². The van der Waals surface area contributed by atoms with E-state index in [1.54, 1.807) is 0 Å². The number of Topliss-reactive ketones (excluding diaryl/α,β-unsaturated/α-hetero) is 1. The van der Waals surface area contributed by atoms with Gasteiger partial charge in [0.05, 0.1) is 49.7 Å². The van der Waals surface area contributed by atoms with E-state index in [9.17, 15) is 66.1 Å². The molecule has 10 aliphatic rings. The molecular formula is C53H86O22. The van der Waals surface area contributed by atoms with Crippen LogP contribution in [0.25, 0.3) is 0 Å². The Kier molecular flexibility index (Phi) is 15.3. The van der Waals surface area contributed by atoms with Gasteiger partial charge in [0.2, 0.25) is 0 Å². The molecule has 5 saturated carbocycles. The number of carbonyl (C=O) groups excluding carboxylic acids is 1. The van der Waals surface area contributed by atoms with Gasteiger partial charge in [-0.2, -0.15) is 0 Å². The molecule has 2 bridgehead atoms. The molecule has 10 rings (SSSR count). The highest BCUT2D eigenvalue weighted by atomic mass is 16.8. The first-order valence-corrected chi connectivity index (χ1v) is 27.5. The number of ether oxygens (including phenoxy) is 9. The fourth-order valence-electron chi connectivity index (χ4n) is 17.4. The molecule has 5 aliphatic heterocycles. The maximum atomic E-state index is 14.7. The molecule has 5 heterocycles. The summed E-state index contributed by atoms with van der Waals surface area (Å²) >= 11 is 0. The second-order valence-corrected chi connectivity index (χ2v) is 26.2. The van der Waals surface area contributed by atoms with E-state index in [1.165, 1.54) is 6.92 Å². The lowest BCUT2D eigenvalue weighted by Gasteiger charge is -2.74. The predicted octanol–water partition coefficient (Wildman–Crippen LogP) is -1.50. The summed E-state index contributed by atoms with van der Waals surface area (Å²) in [6.45, 7) is 13.6. The highest BCUT2D eigenvalue weighted by molar-refractivity contribution is 5.88. The van der Waals surface area contributed by atoms with E-state index in [2.05, 4.69) is 41.5 Å². The number of carbonyl (C=O) groups is 1. The van der Waals surface area contributed by atoms with Crippen molar-refractivity contribution in [1.29, 1.82) is 0 Å². The summed E-state index contributed by atoms with van der Waals surface area (Å²) in [5.74, 6) is 0.706. The highest BCUT2D eigenvalue weighted by Gasteiger charge is 2.80. The molecular weight excluding hydrogens is 989 g/mol. The van der Waals surface area contributed by atoms with E-state index >= 15 is 0 Å². The predicted molar refractivity (Wildman–Crippen MR) is 255 cm³/mol. The zero-order valence-electron chi connectivity index (χ0n) is 44.3. The van der Waals surface area contributed by atoms with E-state index < -0.39 is 164 Å². The zero-order valence-corrected chi connectivity index (χ0v) is 44.3. The van der Waals surface area contributed by atoms with Crippen LogP contribution in [-0.2, 0) is 47.4 Å². The van der Waals surface area contributed by atoms with Crippen LogP contribution < -0.4 is 0 Å². The third-order valence-corrected chi connectivity index (χ3v) is 22.2. The van der Waals surface area contributed by atoms with Crippen LogP contribution in [0.5, 0.6) is 0 Å². The Morgan fingerprint density at radius 2 is 1.17 bits per heavy atom. The smallest absolute Gasteiger partial charge is 0.187 e. The quantitative estimate of drug-likeness (QED) is 0.105. The molecule has 0 radical (unpaired) electrons. The number of rotatable bonds is 11. The maximum absolute atomic E-state index is 14.7. The second-order valence-electron chi connectivity index (χ2n) is 26.2. The molecule has 22 heteroatoms. The first-order valence-electron chi connectivity index (χ1n) is 27.5. The second kappa shape index (κ2) is 20.1. The summed E-state index contributed by atoms with van der Waals surface area (Å²) < 4.78 is 56.2. The molecule has 29 atom stereocenters. The van der Waals surface area contributed by atoms with Crippen molar-refractivity contribution >= 4 is 5.78 Å². The molecule has 5 saturated heterocycles. The molecule has 0 aromatic carbocycles. The standard InChI is InChI=1S/C53H86O22/c1-23-32(58)36(62)39(65)43(69-23)75-42-38(64)34(60)25(19-55)71-46(42)72-26-20-67-45(41(35(26)61)74-44-40(66)37(63)33(59)24(18-54)70-44)73-31-10-11-49(5)27(47(31,2)3)8-12-50(6)28(49)9-13-53-29-16-48(4,21-56)14-15-52(29,22-68-53)30(57)17-51(50,53)7/h23-29,31-46,54-56,58-66H,8-22H2,1-7H3/t23-,24+,25+,26+,27+,28-,29-,31-,32-,33-,34+,35-,36-,37-,38-,39+,40+,41+,42+,43+,44+,45+,46+,48+,49+,50+,51+,52+,53-/m1/s1. The molecule has 12 N–H and O–H groups in total. The van der Waals surface area contributed by atoms with Crippen LogP contribution in [0.15, 0.2) is 0 Å². The van der Waals surface area contributed by atoms with Crippen LogP contribution in [0.3, 0.4) is 0 Å². The number of aliphatic hydroxyl groups excluding tert-OH is 12. The number of aliphatic hydroxyl groups is 12. The summed E-state index contributed by atoms with van der Waals surface area (Å²) in [6, 6.07) is 0. The summed E-state index contributed by atoms with van der Waals surface area (Å²) in [6.07, 6.45) is -24.1. The van der Waals surface area contributed by atoms with Crippen molar-refractivity contribution < 1.29 is 109 Å². The summed E-state index contributed by atoms with van der Waals surface area (Å²) in [7, 11) is 0. The van der Waals surface area contributed by atoms with Crippen LogP contribution >= 0.6 is 0 Å². The van der Waals surface area contributed by atoms with Crippen molar-refractivity contribution in [3.63, 3.8) is 0 Å². The number of ketones is 1. The lowest BCUT2D eigenvalue weighted by Crippen LogP contribution is -2.73. The number of hydrogen-bond acceptors (Lipinski definition) is 22. The molecule has 5 aliphatic carbocycles. The van der Waals surface area contributed by atoms with Crippen LogP contribution in [0.4, 0.5) is 0 Å². The minimum Gasteiger partial charge on any atom is -0.396 e. The summed E-state index contributed by atoms with van der Waals surface area (Å²) in [5, 5.41) is 130.